The number of allylic oxidation sites excluding steroid dienone is 1. The molecule has 2 atom stereocenters. The first-order valence-corrected chi connectivity index (χ1v) is 5.86. The quantitative estimate of drug-likeness (QED) is 0.423. The molecule has 4 heteroatoms. The van der Waals surface area contributed by atoms with Crippen molar-refractivity contribution in [2.45, 2.75) is 34.1 Å². The number of rotatable bonds is 7. The standard InChI is InChI=1S/C13H22O4/c1-6-10(5)13(11(14)15,8-9(3)4)12(16)17-7-2/h6,9-10H,1,7-8H2,2-5H3,(H,14,15). The molecule has 0 fully saturated rings. The second kappa shape index (κ2) is 6.42. The summed E-state index contributed by atoms with van der Waals surface area (Å²) in [5, 5.41) is 9.42. The second-order valence-electron chi connectivity index (χ2n) is 4.62. The lowest BCUT2D eigenvalue weighted by atomic mass is 9.71. The van der Waals surface area contributed by atoms with E-state index in [9.17, 15) is 14.7 Å². The van der Waals surface area contributed by atoms with Crippen LogP contribution in [0.1, 0.15) is 34.1 Å². The Morgan fingerprint density at radius 1 is 1.41 bits per heavy atom. The fraction of sp³-hybridized carbons (Fsp3) is 0.692. The van der Waals surface area contributed by atoms with Gasteiger partial charge in [-0.15, -0.1) is 6.58 Å². The molecular formula is C13H22O4. The third kappa shape index (κ3) is 3.32. The molecule has 0 saturated carbocycles. The van der Waals surface area contributed by atoms with Crippen LogP contribution in [0.5, 0.6) is 0 Å². The summed E-state index contributed by atoms with van der Waals surface area (Å²) in [7, 11) is 0. The Hall–Kier alpha value is -1.32. The van der Waals surface area contributed by atoms with E-state index < -0.39 is 23.3 Å². The van der Waals surface area contributed by atoms with Gasteiger partial charge in [-0.05, 0) is 19.3 Å². The van der Waals surface area contributed by atoms with E-state index in [1.165, 1.54) is 6.08 Å². The van der Waals surface area contributed by atoms with Gasteiger partial charge < -0.3 is 9.84 Å². The fourth-order valence-electron chi connectivity index (χ4n) is 1.93. The van der Waals surface area contributed by atoms with Crippen molar-refractivity contribution in [2.24, 2.45) is 17.3 Å². The van der Waals surface area contributed by atoms with Gasteiger partial charge in [0, 0.05) is 5.92 Å². The van der Waals surface area contributed by atoms with Crippen LogP contribution < -0.4 is 0 Å². The number of ether oxygens (including phenoxy) is 1. The van der Waals surface area contributed by atoms with Crippen LogP contribution in [0.4, 0.5) is 0 Å². The van der Waals surface area contributed by atoms with E-state index in [0.29, 0.717) is 0 Å². The number of carbonyl (C=O) groups is 2. The number of carboxylic acids is 1. The van der Waals surface area contributed by atoms with Gasteiger partial charge in [0.2, 0.25) is 0 Å². The number of hydrogen-bond donors (Lipinski definition) is 1. The van der Waals surface area contributed by atoms with E-state index in [1.54, 1.807) is 13.8 Å². The van der Waals surface area contributed by atoms with Gasteiger partial charge in [0.15, 0.2) is 5.41 Å². The minimum atomic E-state index is -1.52. The van der Waals surface area contributed by atoms with Gasteiger partial charge in [-0.3, -0.25) is 9.59 Å². The zero-order valence-electron chi connectivity index (χ0n) is 11.0. The molecule has 1 N–H and O–H groups in total. The number of carbonyl (C=O) groups excluding carboxylic acids is 1. The lowest BCUT2D eigenvalue weighted by Gasteiger charge is -2.32. The molecule has 0 saturated heterocycles. The summed E-state index contributed by atoms with van der Waals surface area (Å²) in [6.45, 7) is 10.9. The number of aliphatic carboxylic acids is 1. The summed E-state index contributed by atoms with van der Waals surface area (Å²) in [5.74, 6) is -2.20. The van der Waals surface area contributed by atoms with Gasteiger partial charge in [0.1, 0.15) is 0 Å². The summed E-state index contributed by atoms with van der Waals surface area (Å²) >= 11 is 0. The molecule has 0 aromatic heterocycles. The summed E-state index contributed by atoms with van der Waals surface area (Å²) in [4.78, 5) is 23.5. The average Bonchev–Trinajstić information content (AvgIpc) is 2.24. The molecule has 0 aliphatic heterocycles. The smallest absolute Gasteiger partial charge is 0.324 e. The Morgan fingerprint density at radius 2 is 1.94 bits per heavy atom. The molecule has 0 bridgehead atoms. The van der Waals surface area contributed by atoms with Crippen molar-refractivity contribution in [3.63, 3.8) is 0 Å². The molecule has 0 aromatic carbocycles. The molecular weight excluding hydrogens is 220 g/mol. The molecule has 0 aromatic rings. The SMILES string of the molecule is C=CC(C)C(CC(C)C)(C(=O)O)C(=O)OCC. The molecule has 0 heterocycles. The average molecular weight is 242 g/mol. The third-order valence-electron chi connectivity index (χ3n) is 2.88. The van der Waals surface area contributed by atoms with Crippen LogP contribution in [0.3, 0.4) is 0 Å². The lowest BCUT2D eigenvalue weighted by molar-refractivity contribution is -0.173. The van der Waals surface area contributed by atoms with Gasteiger partial charge in [0.05, 0.1) is 6.61 Å². The Bertz CT molecular complexity index is 296. The maximum atomic E-state index is 12.0. The first kappa shape index (κ1) is 15.7. The van der Waals surface area contributed by atoms with Gasteiger partial charge in [-0.25, -0.2) is 0 Å². The van der Waals surface area contributed by atoms with Crippen LogP contribution in [0.25, 0.3) is 0 Å². The topological polar surface area (TPSA) is 63.6 Å². The molecule has 4 nitrogen and oxygen atoms in total. The largest absolute Gasteiger partial charge is 0.480 e. The highest BCUT2D eigenvalue weighted by Crippen LogP contribution is 2.37. The van der Waals surface area contributed by atoms with Crippen LogP contribution in [-0.4, -0.2) is 23.7 Å². The van der Waals surface area contributed by atoms with Crippen molar-refractivity contribution >= 4 is 11.9 Å². The Labute approximate surface area is 103 Å². The Morgan fingerprint density at radius 3 is 2.24 bits per heavy atom. The normalized spacial score (nSPS) is 16.1. The molecule has 0 aliphatic rings. The van der Waals surface area contributed by atoms with Crippen molar-refractivity contribution in [2.75, 3.05) is 6.61 Å². The van der Waals surface area contributed by atoms with Crippen molar-refractivity contribution < 1.29 is 19.4 Å². The summed E-state index contributed by atoms with van der Waals surface area (Å²) in [5.41, 5.74) is -1.52. The Kier molecular flexibility index (Phi) is 5.93. The molecule has 0 aliphatic carbocycles. The maximum Gasteiger partial charge on any atom is 0.324 e. The fourth-order valence-corrected chi connectivity index (χ4v) is 1.93. The van der Waals surface area contributed by atoms with E-state index in [-0.39, 0.29) is 18.9 Å². The third-order valence-corrected chi connectivity index (χ3v) is 2.88. The van der Waals surface area contributed by atoms with Gasteiger partial charge in [0.25, 0.3) is 0 Å². The minimum absolute atomic E-state index is 0.0814. The second-order valence-corrected chi connectivity index (χ2v) is 4.62. The highest BCUT2D eigenvalue weighted by Gasteiger charge is 2.51. The highest BCUT2D eigenvalue weighted by atomic mass is 16.5. The van der Waals surface area contributed by atoms with E-state index in [0.717, 1.165) is 0 Å². The van der Waals surface area contributed by atoms with Gasteiger partial charge >= 0.3 is 11.9 Å². The number of carboxylic acid groups (broad SMARTS) is 1. The van der Waals surface area contributed by atoms with Crippen molar-refractivity contribution in [3.05, 3.63) is 12.7 Å². The molecule has 98 valence electrons. The first-order valence-electron chi connectivity index (χ1n) is 5.86. The van der Waals surface area contributed by atoms with Crippen molar-refractivity contribution in [1.82, 2.24) is 0 Å². The molecule has 2 unspecified atom stereocenters. The van der Waals surface area contributed by atoms with Gasteiger partial charge in [-0.2, -0.15) is 0 Å². The molecule has 0 radical (unpaired) electrons. The van der Waals surface area contributed by atoms with Crippen molar-refractivity contribution in [3.8, 4) is 0 Å². The number of esters is 1. The predicted octanol–water partition coefficient (Wildman–Crippen LogP) is 2.49. The monoisotopic (exact) mass is 242 g/mol. The summed E-state index contributed by atoms with van der Waals surface area (Å²) < 4.78 is 4.92. The molecule has 17 heavy (non-hydrogen) atoms. The molecule has 0 spiro atoms. The first-order chi connectivity index (χ1) is 7.82. The molecule has 0 rings (SSSR count). The van der Waals surface area contributed by atoms with E-state index >= 15 is 0 Å². The van der Waals surface area contributed by atoms with Crippen molar-refractivity contribution in [1.29, 1.82) is 0 Å². The zero-order valence-corrected chi connectivity index (χ0v) is 11.0. The van der Waals surface area contributed by atoms with Crippen LogP contribution in [0.2, 0.25) is 0 Å². The Balaban J connectivity index is 5.46. The minimum Gasteiger partial charge on any atom is -0.480 e. The van der Waals surface area contributed by atoms with E-state index in [2.05, 4.69) is 6.58 Å². The maximum absolute atomic E-state index is 12.0. The van der Waals surface area contributed by atoms with Crippen LogP contribution >= 0.6 is 0 Å². The van der Waals surface area contributed by atoms with Crippen LogP contribution in [0.15, 0.2) is 12.7 Å². The summed E-state index contributed by atoms with van der Waals surface area (Å²) in [6, 6.07) is 0. The van der Waals surface area contributed by atoms with Crippen LogP contribution in [-0.2, 0) is 14.3 Å². The lowest BCUT2D eigenvalue weighted by Crippen LogP contribution is -2.46. The van der Waals surface area contributed by atoms with E-state index in [1.807, 2.05) is 13.8 Å². The molecule has 0 amide bonds. The number of hydrogen-bond acceptors (Lipinski definition) is 3. The van der Waals surface area contributed by atoms with Crippen LogP contribution in [0, 0.1) is 17.3 Å². The summed E-state index contributed by atoms with van der Waals surface area (Å²) in [6.07, 6.45) is 1.74. The predicted molar refractivity (Wildman–Crippen MR) is 65.5 cm³/mol. The highest BCUT2D eigenvalue weighted by molar-refractivity contribution is 5.99. The zero-order chi connectivity index (χ0) is 13.6. The van der Waals surface area contributed by atoms with E-state index in [4.69, 9.17) is 4.74 Å². The van der Waals surface area contributed by atoms with Gasteiger partial charge in [-0.1, -0.05) is 26.8 Å².